The minimum Gasteiger partial charge on any atom is -0.478 e. The van der Waals surface area contributed by atoms with Gasteiger partial charge in [0.1, 0.15) is 0 Å². The van der Waals surface area contributed by atoms with Crippen LogP contribution in [0.1, 0.15) is 42.4 Å². The fourth-order valence-corrected chi connectivity index (χ4v) is 2.47. The first-order chi connectivity index (χ1) is 9.70. The van der Waals surface area contributed by atoms with Gasteiger partial charge in [-0.25, -0.2) is 4.79 Å². The molecule has 0 saturated heterocycles. The highest BCUT2D eigenvalue weighted by Crippen LogP contribution is 2.31. The molecule has 0 aliphatic heterocycles. The summed E-state index contributed by atoms with van der Waals surface area (Å²) in [6.07, 6.45) is 0. The Bertz CT molecular complexity index is 702. The highest BCUT2D eigenvalue weighted by molar-refractivity contribution is 6.30. The molecule has 21 heavy (non-hydrogen) atoms. The fourth-order valence-electron chi connectivity index (χ4n) is 2.28. The Morgan fingerprint density at radius 3 is 2.43 bits per heavy atom. The van der Waals surface area contributed by atoms with Crippen LogP contribution in [0.3, 0.4) is 0 Å². The van der Waals surface area contributed by atoms with E-state index in [1.807, 2.05) is 45.9 Å². The molecule has 2 rings (SSSR count). The topological polar surface area (TPSA) is 50.2 Å². The maximum Gasteiger partial charge on any atom is 0.337 e. The Morgan fingerprint density at radius 2 is 1.90 bits per heavy atom. The average Bonchev–Trinajstić information content (AvgIpc) is 2.36. The molecule has 1 aromatic carbocycles. The Kier molecular flexibility index (Phi) is 4.06. The van der Waals surface area contributed by atoms with Gasteiger partial charge in [-0.05, 0) is 30.7 Å². The van der Waals surface area contributed by atoms with Gasteiger partial charge in [-0.15, -0.1) is 0 Å². The molecule has 0 spiro atoms. The highest BCUT2D eigenvalue weighted by atomic mass is 35.5. The lowest BCUT2D eigenvalue weighted by Gasteiger charge is -2.22. The number of aryl methyl sites for hydroxylation is 1. The molecule has 4 heteroatoms. The Morgan fingerprint density at radius 1 is 1.24 bits per heavy atom. The number of carboxylic acid groups (broad SMARTS) is 1. The third kappa shape index (κ3) is 3.24. The molecule has 0 fully saturated rings. The third-order valence-corrected chi connectivity index (χ3v) is 3.49. The van der Waals surface area contributed by atoms with Crippen LogP contribution in [-0.4, -0.2) is 16.1 Å². The molecule has 0 unspecified atom stereocenters. The fraction of sp³-hybridized carbons (Fsp3) is 0.294. The number of aromatic nitrogens is 1. The lowest BCUT2D eigenvalue weighted by Crippen LogP contribution is -2.20. The van der Waals surface area contributed by atoms with Gasteiger partial charge in [0.05, 0.1) is 17.0 Å². The van der Waals surface area contributed by atoms with E-state index in [0.29, 0.717) is 10.7 Å². The first kappa shape index (κ1) is 15.5. The largest absolute Gasteiger partial charge is 0.478 e. The van der Waals surface area contributed by atoms with Crippen LogP contribution in [0, 0.1) is 6.92 Å². The Labute approximate surface area is 129 Å². The van der Waals surface area contributed by atoms with Crippen molar-refractivity contribution in [2.24, 2.45) is 0 Å². The number of hydrogen-bond acceptors (Lipinski definition) is 2. The van der Waals surface area contributed by atoms with Gasteiger partial charge < -0.3 is 5.11 Å². The summed E-state index contributed by atoms with van der Waals surface area (Å²) >= 11 is 6.04. The van der Waals surface area contributed by atoms with Crippen LogP contribution >= 0.6 is 11.6 Å². The molecule has 1 aromatic heterocycles. The lowest BCUT2D eigenvalue weighted by atomic mass is 9.87. The van der Waals surface area contributed by atoms with Crippen molar-refractivity contribution in [3.63, 3.8) is 0 Å². The first-order valence-corrected chi connectivity index (χ1v) is 7.09. The minimum absolute atomic E-state index is 0.255. The molecule has 110 valence electrons. The molecule has 0 bridgehead atoms. The van der Waals surface area contributed by atoms with Crippen molar-refractivity contribution < 1.29 is 9.90 Å². The number of aromatic carboxylic acids is 1. The van der Waals surface area contributed by atoms with Gasteiger partial charge >= 0.3 is 5.97 Å². The summed E-state index contributed by atoms with van der Waals surface area (Å²) in [6.45, 7) is 7.73. The predicted octanol–water partition coefficient (Wildman–Crippen LogP) is 4.71. The second-order valence-electron chi connectivity index (χ2n) is 6.12. The summed E-state index contributed by atoms with van der Waals surface area (Å²) in [5, 5.41) is 10.0. The minimum atomic E-state index is -0.951. The summed E-state index contributed by atoms with van der Waals surface area (Å²) in [6, 6.07) is 9.11. The highest BCUT2D eigenvalue weighted by Gasteiger charge is 2.25. The van der Waals surface area contributed by atoms with E-state index in [4.69, 9.17) is 11.6 Å². The van der Waals surface area contributed by atoms with Crippen molar-refractivity contribution in [3.05, 3.63) is 52.2 Å². The second kappa shape index (κ2) is 5.49. The van der Waals surface area contributed by atoms with Crippen LogP contribution < -0.4 is 0 Å². The number of carboxylic acids is 1. The number of carbonyl (C=O) groups is 1. The smallest absolute Gasteiger partial charge is 0.337 e. The van der Waals surface area contributed by atoms with E-state index in [1.165, 1.54) is 0 Å². The molecule has 0 saturated carbocycles. The molecule has 0 aliphatic rings. The summed E-state index contributed by atoms with van der Waals surface area (Å²) in [4.78, 5) is 16.1. The molecular formula is C17H18ClNO2. The number of nitrogens with zero attached hydrogens (tertiary/aromatic N) is 1. The number of pyridine rings is 1. The number of halogens is 1. The zero-order valence-electron chi connectivity index (χ0n) is 12.6. The quantitative estimate of drug-likeness (QED) is 0.874. The van der Waals surface area contributed by atoms with E-state index in [-0.39, 0.29) is 11.0 Å². The van der Waals surface area contributed by atoms with Crippen molar-refractivity contribution in [2.45, 2.75) is 33.1 Å². The predicted molar refractivity (Wildman–Crippen MR) is 85.1 cm³/mol. The maximum atomic E-state index is 11.5. The molecule has 0 radical (unpaired) electrons. The van der Waals surface area contributed by atoms with Gasteiger partial charge in [-0.2, -0.15) is 0 Å². The second-order valence-corrected chi connectivity index (χ2v) is 6.55. The Hall–Kier alpha value is -1.87. The average molecular weight is 304 g/mol. The van der Waals surface area contributed by atoms with Gasteiger partial charge in [-0.1, -0.05) is 44.5 Å². The molecule has 0 amide bonds. The van der Waals surface area contributed by atoms with E-state index in [1.54, 1.807) is 12.1 Å². The van der Waals surface area contributed by atoms with Crippen LogP contribution in [0.5, 0.6) is 0 Å². The summed E-state index contributed by atoms with van der Waals surface area (Å²) < 4.78 is 0. The normalized spacial score (nSPS) is 11.5. The van der Waals surface area contributed by atoms with Gasteiger partial charge in [0.25, 0.3) is 0 Å². The molecule has 0 aliphatic carbocycles. The lowest BCUT2D eigenvalue weighted by molar-refractivity contribution is 0.0693. The molecule has 1 N–H and O–H groups in total. The summed E-state index contributed by atoms with van der Waals surface area (Å²) in [5.74, 6) is -0.951. The van der Waals surface area contributed by atoms with Crippen molar-refractivity contribution in [2.75, 3.05) is 0 Å². The van der Waals surface area contributed by atoms with E-state index < -0.39 is 5.97 Å². The molecular weight excluding hydrogens is 286 g/mol. The van der Waals surface area contributed by atoms with Crippen molar-refractivity contribution in [1.82, 2.24) is 4.98 Å². The SMILES string of the molecule is Cc1cc(C(=O)O)c(C(C)(C)C)nc1-c1cccc(Cl)c1. The van der Waals surface area contributed by atoms with Crippen molar-refractivity contribution in [3.8, 4) is 11.3 Å². The molecule has 3 nitrogen and oxygen atoms in total. The Balaban J connectivity index is 2.72. The standard InChI is InChI=1S/C17H18ClNO2/c1-10-8-13(16(20)21)15(17(2,3)4)19-14(10)11-6-5-7-12(18)9-11/h5-9H,1-4H3,(H,20,21). The zero-order valence-corrected chi connectivity index (χ0v) is 13.3. The number of rotatable bonds is 2. The van der Waals surface area contributed by atoms with Gasteiger partial charge in [0.2, 0.25) is 0 Å². The van der Waals surface area contributed by atoms with Gasteiger partial charge in [0.15, 0.2) is 0 Å². The monoisotopic (exact) mass is 303 g/mol. The molecule has 0 atom stereocenters. The van der Waals surface area contributed by atoms with Crippen LogP contribution in [0.2, 0.25) is 5.02 Å². The van der Waals surface area contributed by atoms with E-state index in [0.717, 1.165) is 16.8 Å². The van der Waals surface area contributed by atoms with E-state index in [2.05, 4.69) is 4.98 Å². The van der Waals surface area contributed by atoms with Crippen LogP contribution in [-0.2, 0) is 5.41 Å². The van der Waals surface area contributed by atoms with Crippen molar-refractivity contribution in [1.29, 1.82) is 0 Å². The van der Waals surface area contributed by atoms with E-state index >= 15 is 0 Å². The van der Waals surface area contributed by atoms with Crippen LogP contribution in [0.4, 0.5) is 0 Å². The van der Waals surface area contributed by atoms with Crippen LogP contribution in [0.15, 0.2) is 30.3 Å². The maximum absolute atomic E-state index is 11.5. The summed E-state index contributed by atoms with van der Waals surface area (Å²) in [7, 11) is 0. The molecule has 2 aromatic rings. The first-order valence-electron chi connectivity index (χ1n) is 6.71. The summed E-state index contributed by atoms with van der Waals surface area (Å²) in [5.41, 5.74) is 2.97. The van der Waals surface area contributed by atoms with E-state index in [9.17, 15) is 9.90 Å². The zero-order chi connectivity index (χ0) is 15.8. The van der Waals surface area contributed by atoms with Crippen LogP contribution in [0.25, 0.3) is 11.3 Å². The van der Waals surface area contributed by atoms with Crippen molar-refractivity contribution >= 4 is 17.6 Å². The number of benzene rings is 1. The number of hydrogen-bond donors (Lipinski definition) is 1. The molecule has 1 heterocycles. The van der Waals surface area contributed by atoms with Gasteiger partial charge in [0, 0.05) is 16.0 Å². The third-order valence-electron chi connectivity index (χ3n) is 3.25. The van der Waals surface area contributed by atoms with Gasteiger partial charge in [-0.3, -0.25) is 4.98 Å².